The number of hydrogen-bond acceptors (Lipinski definition) is 3. The largest absolute Gasteiger partial charge is 0.312 e. The highest BCUT2D eigenvalue weighted by molar-refractivity contribution is 7.92. The van der Waals surface area contributed by atoms with Gasteiger partial charge in [0.2, 0.25) is 5.91 Å². The van der Waals surface area contributed by atoms with Crippen molar-refractivity contribution < 1.29 is 13.2 Å². The van der Waals surface area contributed by atoms with Gasteiger partial charge in [-0.3, -0.25) is 9.52 Å². The van der Waals surface area contributed by atoms with Gasteiger partial charge in [0.05, 0.1) is 4.90 Å². The van der Waals surface area contributed by atoms with E-state index in [1.54, 1.807) is 47.4 Å². The summed E-state index contributed by atoms with van der Waals surface area (Å²) in [6, 6.07) is 13.7. The molecule has 0 fully saturated rings. The van der Waals surface area contributed by atoms with Gasteiger partial charge in [-0.2, -0.15) is 0 Å². The van der Waals surface area contributed by atoms with E-state index >= 15 is 0 Å². The molecule has 0 aliphatic carbocycles. The maximum absolute atomic E-state index is 12.5. The molecule has 0 bridgehead atoms. The minimum atomic E-state index is -3.64. The fourth-order valence-electron chi connectivity index (χ4n) is 2.77. The van der Waals surface area contributed by atoms with Crippen LogP contribution in [0.3, 0.4) is 0 Å². The molecule has 0 saturated carbocycles. The lowest BCUT2D eigenvalue weighted by atomic mass is 10.0. The lowest BCUT2D eigenvalue weighted by Crippen LogP contribution is -2.34. The second-order valence-corrected chi connectivity index (χ2v) is 7.08. The van der Waals surface area contributed by atoms with Gasteiger partial charge in [-0.15, -0.1) is 0 Å². The quantitative estimate of drug-likeness (QED) is 0.937. The minimum Gasteiger partial charge on any atom is -0.312 e. The Morgan fingerprint density at radius 3 is 2.52 bits per heavy atom. The van der Waals surface area contributed by atoms with Gasteiger partial charge in [-0.25, -0.2) is 8.42 Å². The number of amides is 1. The number of nitrogens with zero attached hydrogens (tertiary/aromatic N) is 1. The predicted octanol–water partition coefficient (Wildman–Crippen LogP) is 2.79. The van der Waals surface area contributed by atoms with Crippen molar-refractivity contribution in [2.75, 3.05) is 16.2 Å². The molecule has 3 rings (SSSR count). The molecular weight excluding hydrogens is 312 g/mol. The molecule has 0 unspecified atom stereocenters. The second kappa shape index (κ2) is 6.04. The number of fused-ring (bicyclic) bond motifs is 1. The number of benzene rings is 2. The summed E-state index contributed by atoms with van der Waals surface area (Å²) in [5.74, 6) is 0.0815. The van der Waals surface area contributed by atoms with Gasteiger partial charge in [0.25, 0.3) is 10.0 Å². The van der Waals surface area contributed by atoms with Gasteiger partial charge < -0.3 is 4.90 Å². The van der Waals surface area contributed by atoms with E-state index in [0.29, 0.717) is 25.1 Å². The lowest BCUT2D eigenvalue weighted by Gasteiger charge is -2.28. The average molecular weight is 330 g/mol. The summed E-state index contributed by atoms with van der Waals surface area (Å²) < 4.78 is 27.6. The van der Waals surface area contributed by atoms with Crippen LogP contribution in [0.4, 0.5) is 11.4 Å². The lowest BCUT2D eigenvalue weighted by molar-refractivity contribution is -0.118. The van der Waals surface area contributed by atoms with Crippen molar-refractivity contribution in [2.45, 2.75) is 24.7 Å². The molecule has 0 radical (unpaired) electrons. The molecule has 0 atom stereocenters. The molecule has 1 amide bonds. The monoisotopic (exact) mass is 330 g/mol. The van der Waals surface area contributed by atoms with Gasteiger partial charge in [0, 0.05) is 24.3 Å². The Hall–Kier alpha value is -2.34. The van der Waals surface area contributed by atoms with Crippen LogP contribution in [0, 0.1) is 0 Å². The summed E-state index contributed by atoms with van der Waals surface area (Å²) in [7, 11) is -3.64. The summed E-state index contributed by atoms with van der Waals surface area (Å²) in [6.07, 6.45) is 0.982. The molecule has 0 aromatic heterocycles. The molecule has 120 valence electrons. The van der Waals surface area contributed by atoms with Gasteiger partial charge in [0.15, 0.2) is 0 Å². The fourth-order valence-corrected chi connectivity index (χ4v) is 3.88. The van der Waals surface area contributed by atoms with Gasteiger partial charge in [-0.1, -0.05) is 18.2 Å². The third-order valence-corrected chi connectivity index (χ3v) is 5.28. The van der Waals surface area contributed by atoms with Crippen molar-refractivity contribution in [3.8, 4) is 0 Å². The summed E-state index contributed by atoms with van der Waals surface area (Å²) in [5, 5.41) is 0. The molecule has 6 heteroatoms. The Bertz CT molecular complexity index is 832. The Kier molecular flexibility index (Phi) is 4.09. The van der Waals surface area contributed by atoms with Gasteiger partial charge in [0.1, 0.15) is 0 Å². The van der Waals surface area contributed by atoms with Crippen molar-refractivity contribution in [3.05, 3.63) is 54.1 Å². The molecule has 1 heterocycles. The standard InChI is InChI=1S/C17H18N2O3S/c1-2-19-16-10-9-15(12-13(16)8-11-17(19)20)23(21,22)18-14-6-4-3-5-7-14/h3-7,9-10,12,18H,2,8,11H2,1H3. The van der Waals surface area contributed by atoms with E-state index in [2.05, 4.69) is 4.72 Å². The van der Waals surface area contributed by atoms with Crippen molar-refractivity contribution in [3.63, 3.8) is 0 Å². The topological polar surface area (TPSA) is 66.5 Å². The molecule has 2 aromatic carbocycles. The Morgan fingerprint density at radius 2 is 1.83 bits per heavy atom. The Morgan fingerprint density at radius 1 is 1.09 bits per heavy atom. The van der Waals surface area contributed by atoms with Crippen LogP contribution < -0.4 is 9.62 Å². The zero-order valence-electron chi connectivity index (χ0n) is 12.8. The first-order valence-electron chi connectivity index (χ1n) is 7.52. The van der Waals surface area contributed by atoms with E-state index in [4.69, 9.17) is 0 Å². The van der Waals surface area contributed by atoms with E-state index in [9.17, 15) is 13.2 Å². The molecule has 2 aromatic rings. The highest BCUT2D eigenvalue weighted by Gasteiger charge is 2.25. The number of para-hydroxylation sites is 1. The number of rotatable bonds is 4. The SMILES string of the molecule is CCN1C(=O)CCc2cc(S(=O)(=O)Nc3ccccc3)ccc21. The normalized spacial score (nSPS) is 14.5. The van der Waals surface area contributed by atoms with E-state index in [0.717, 1.165) is 11.3 Å². The highest BCUT2D eigenvalue weighted by Crippen LogP contribution is 2.30. The van der Waals surface area contributed by atoms with Gasteiger partial charge >= 0.3 is 0 Å². The molecule has 1 N–H and O–H groups in total. The molecule has 1 aliphatic heterocycles. The number of carbonyl (C=O) groups is 1. The van der Waals surface area contributed by atoms with Crippen LogP contribution in [0.1, 0.15) is 18.9 Å². The Labute approximate surface area is 136 Å². The summed E-state index contributed by atoms with van der Waals surface area (Å²) >= 11 is 0. The number of carbonyl (C=O) groups excluding carboxylic acids is 1. The van der Waals surface area contributed by atoms with Crippen LogP contribution in [0.5, 0.6) is 0 Å². The first-order valence-corrected chi connectivity index (χ1v) is 9.01. The zero-order chi connectivity index (χ0) is 16.4. The van der Waals surface area contributed by atoms with E-state index < -0.39 is 10.0 Å². The molecule has 0 spiro atoms. The molecule has 1 aliphatic rings. The summed E-state index contributed by atoms with van der Waals surface area (Å²) in [5.41, 5.74) is 2.22. The first kappa shape index (κ1) is 15.6. The molecular formula is C17H18N2O3S. The number of anilines is 2. The smallest absolute Gasteiger partial charge is 0.261 e. The van der Waals surface area contributed by atoms with Crippen LogP contribution in [0.2, 0.25) is 0 Å². The predicted molar refractivity (Wildman–Crippen MR) is 90.0 cm³/mol. The second-order valence-electron chi connectivity index (χ2n) is 5.40. The Balaban J connectivity index is 1.94. The van der Waals surface area contributed by atoms with E-state index in [1.165, 1.54) is 0 Å². The van der Waals surface area contributed by atoms with E-state index in [1.807, 2.05) is 13.0 Å². The zero-order valence-corrected chi connectivity index (χ0v) is 13.6. The number of hydrogen-bond donors (Lipinski definition) is 1. The fraction of sp³-hybridized carbons (Fsp3) is 0.235. The third kappa shape index (κ3) is 3.07. The summed E-state index contributed by atoms with van der Waals surface area (Å²) in [4.78, 5) is 13.8. The maximum atomic E-state index is 12.5. The van der Waals surface area contributed by atoms with Crippen LogP contribution in [0.25, 0.3) is 0 Å². The number of nitrogens with one attached hydrogen (secondary N) is 1. The van der Waals surface area contributed by atoms with E-state index in [-0.39, 0.29) is 10.8 Å². The summed E-state index contributed by atoms with van der Waals surface area (Å²) in [6.45, 7) is 2.49. The van der Waals surface area contributed by atoms with Crippen molar-refractivity contribution >= 4 is 27.3 Å². The van der Waals surface area contributed by atoms with Crippen molar-refractivity contribution in [1.29, 1.82) is 0 Å². The number of aryl methyl sites for hydroxylation is 1. The van der Waals surface area contributed by atoms with Crippen molar-refractivity contribution in [2.24, 2.45) is 0 Å². The van der Waals surface area contributed by atoms with Crippen LogP contribution in [0.15, 0.2) is 53.4 Å². The van der Waals surface area contributed by atoms with Crippen LogP contribution >= 0.6 is 0 Å². The molecule has 0 saturated heterocycles. The maximum Gasteiger partial charge on any atom is 0.261 e. The third-order valence-electron chi connectivity index (χ3n) is 3.90. The van der Waals surface area contributed by atoms with Crippen LogP contribution in [-0.4, -0.2) is 20.9 Å². The minimum absolute atomic E-state index is 0.0815. The average Bonchev–Trinajstić information content (AvgIpc) is 2.55. The van der Waals surface area contributed by atoms with Gasteiger partial charge in [-0.05, 0) is 49.2 Å². The van der Waals surface area contributed by atoms with Crippen LogP contribution in [-0.2, 0) is 21.2 Å². The molecule has 23 heavy (non-hydrogen) atoms. The number of sulfonamides is 1. The first-order chi connectivity index (χ1) is 11.0. The highest BCUT2D eigenvalue weighted by atomic mass is 32.2. The van der Waals surface area contributed by atoms with Crippen molar-refractivity contribution in [1.82, 2.24) is 0 Å². The molecule has 5 nitrogen and oxygen atoms in total.